The van der Waals surface area contributed by atoms with Gasteiger partial charge in [-0.1, -0.05) is 0 Å². The van der Waals surface area contributed by atoms with Crippen molar-refractivity contribution in [2.45, 2.75) is 24.9 Å². The van der Waals surface area contributed by atoms with E-state index in [4.69, 9.17) is 0 Å². The highest BCUT2D eigenvalue weighted by atomic mass is 15.1. The van der Waals surface area contributed by atoms with Gasteiger partial charge < -0.3 is 16.0 Å². The average molecular weight is 156 g/mol. The van der Waals surface area contributed by atoms with Crippen molar-refractivity contribution in [3.05, 3.63) is 6.04 Å². The van der Waals surface area contributed by atoms with Crippen molar-refractivity contribution in [1.29, 1.82) is 0 Å². The molecule has 3 N–H and O–H groups in total. The van der Waals surface area contributed by atoms with Gasteiger partial charge in [-0.3, -0.25) is 0 Å². The second kappa shape index (κ2) is 4.04. The van der Waals surface area contributed by atoms with Crippen molar-refractivity contribution in [2.24, 2.45) is 0 Å². The molecule has 0 aliphatic heterocycles. The Balaban J connectivity index is 2.48. The minimum Gasteiger partial charge on any atom is -0.315 e. The molecule has 0 aromatic heterocycles. The second-order valence-corrected chi connectivity index (χ2v) is 2.97. The lowest BCUT2D eigenvalue weighted by Crippen LogP contribution is -2.43. The number of rotatable bonds is 3. The molecular weight excluding hydrogens is 138 g/mol. The average Bonchev–Trinajstić information content (AvgIpc) is 2.45. The van der Waals surface area contributed by atoms with E-state index in [-0.39, 0.29) is 0 Å². The third-order valence-corrected chi connectivity index (χ3v) is 2.48. The molecule has 0 amide bonds. The normalized spacial score (nSPS) is 33.0. The molecule has 0 spiro atoms. The Bertz CT molecular complexity index is 104. The first-order chi connectivity index (χ1) is 5.33. The van der Waals surface area contributed by atoms with Gasteiger partial charge in [0.1, 0.15) is 0 Å². The first-order valence-corrected chi connectivity index (χ1v) is 4.22. The van der Waals surface area contributed by atoms with Crippen LogP contribution in [-0.4, -0.2) is 33.2 Å². The minimum atomic E-state index is 0.553. The lowest BCUT2D eigenvalue weighted by atomic mass is 10.1. The molecule has 1 fully saturated rings. The van der Waals surface area contributed by atoms with Crippen molar-refractivity contribution >= 4 is 0 Å². The molecule has 11 heavy (non-hydrogen) atoms. The summed E-state index contributed by atoms with van der Waals surface area (Å²) in [5.74, 6) is 0. The van der Waals surface area contributed by atoms with Crippen molar-refractivity contribution in [1.82, 2.24) is 16.0 Å². The molecule has 1 saturated carbocycles. The summed E-state index contributed by atoms with van der Waals surface area (Å²) < 4.78 is 0. The van der Waals surface area contributed by atoms with Gasteiger partial charge in [-0.05, 0) is 34.0 Å². The molecule has 0 bridgehead atoms. The molecule has 0 saturated heterocycles. The summed E-state index contributed by atoms with van der Waals surface area (Å²) in [4.78, 5) is 0. The smallest absolute Gasteiger partial charge is 0.0702 e. The van der Waals surface area contributed by atoms with Gasteiger partial charge in [-0.2, -0.15) is 0 Å². The van der Waals surface area contributed by atoms with Crippen LogP contribution in [0.15, 0.2) is 0 Å². The number of hydrogen-bond acceptors (Lipinski definition) is 3. The van der Waals surface area contributed by atoms with Gasteiger partial charge in [0.15, 0.2) is 0 Å². The van der Waals surface area contributed by atoms with Crippen LogP contribution in [0.25, 0.3) is 0 Å². The zero-order chi connectivity index (χ0) is 8.27. The third-order valence-electron chi connectivity index (χ3n) is 2.48. The highest BCUT2D eigenvalue weighted by Gasteiger charge is 2.33. The second-order valence-electron chi connectivity index (χ2n) is 2.97. The van der Waals surface area contributed by atoms with Gasteiger partial charge in [0, 0.05) is 12.1 Å². The predicted molar refractivity (Wildman–Crippen MR) is 47.2 cm³/mol. The summed E-state index contributed by atoms with van der Waals surface area (Å²) >= 11 is 0. The molecule has 2 atom stereocenters. The molecule has 0 heterocycles. The first-order valence-electron chi connectivity index (χ1n) is 4.22. The Hall–Kier alpha value is -0.120. The van der Waals surface area contributed by atoms with E-state index in [2.05, 4.69) is 16.0 Å². The van der Waals surface area contributed by atoms with Crippen LogP contribution in [0.1, 0.15) is 12.8 Å². The van der Waals surface area contributed by atoms with E-state index in [9.17, 15) is 0 Å². The first kappa shape index (κ1) is 8.97. The maximum Gasteiger partial charge on any atom is 0.0702 e. The quantitative estimate of drug-likeness (QED) is 0.525. The summed E-state index contributed by atoms with van der Waals surface area (Å²) in [6, 6.07) is 2.50. The molecule has 65 valence electrons. The fraction of sp³-hybridized carbons (Fsp3) is 0.875. The largest absolute Gasteiger partial charge is 0.315 e. The number of hydrogen-bond donors (Lipinski definition) is 3. The molecule has 1 radical (unpaired) electrons. The zero-order valence-electron chi connectivity index (χ0n) is 7.57. The number of nitrogens with one attached hydrogen (secondary N) is 3. The van der Waals surface area contributed by atoms with Crippen LogP contribution < -0.4 is 16.0 Å². The molecule has 0 aromatic carbocycles. The van der Waals surface area contributed by atoms with Gasteiger partial charge in [0.2, 0.25) is 0 Å². The van der Waals surface area contributed by atoms with Crippen molar-refractivity contribution in [2.75, 3.05) is 21.1 Å². The van der Waals surface area contributed by atoms with Crippen LogP contribution in [0.3, 0.4) is 0 Å². The van der Waals surface area contributed by atoms with Crippen molar-refractivity contribution < 1.29 is 0 Å². The maximum atomic E-state index is 3.29. The Morgan fingerprint density at radius 3 is 1.73 bits per heavy atom. The van der Waals surface area contributed by atoms with Gasteiger partial charge >= 0.3 is 0 Å². The maximum absolute atomic E-state index is 3.29. The van der Waals surface area contributed by atoms with Crippen LogP contribution >= 0.6 is 0 Å². The van der Waals surface area contributed by atoms with Crippen LogP contribution in [-0.2, 0) is 0 Å². The molecule has 2 unspecified atom stereocenters. The Morgan fingerprint density at radius 2 is 1.45 bits per heavy atom. The SMILES string of the molecule is CN[C]1C(NC)CCC1NC. The minimum absolute atomic E-state index is 0.553. The highest BCUT2D eigenvalue weighted by molar-refractivity contribution is 5.12. The summed E-state index contributed by atoms with van der Waals surface area (Å²) in [6.07, 6.45) is 2.47. The van der Waals surface area contributed by atoms with E-state index in [1.54, 1.807) is 0 Å². The van der Waals surface area contributed by atoms with Crippen LogP contribution in [0, 0.1) is 6.04 Å². The Kier molecular flexibility index (Phi) is 3.30. The van der Waals surface area contributed by atoms with Gasteiger partial charge in [-0.15, -0.1) is 0 Å². The predicted octanol–water partition coefficient (Wildman–Crippen LogP) is -0.292. The lowest BCUT2D eigenvalue weighted by Gasteiger charge is -2.22. The fourth-order valence-corrected chi connectivity index (χ4v) is 1.84. The summed E-state index contributed by atoms with van der Waals surface area (Å²) in [5.41, 5.74) is 0. The van der Waals surface area contributed by atoms with E-state index in [1.807, 2.05) is 21.1 Å². The van der Waals surface area contributed by atoms with E-state index in [1.165, 1.54) is 18.9 Å². The molecule has 1 rings (SSSR count). The highest BCUT2D eigenvalue weighted by Crippen LogP contribution is 2.24. The standard InChI is InChI=1S/C8H18N3/c1-9-6-4-5-7(10-2)8(6)11-3/h6-7,9-11H,4-5H2,1-3H3. The van der Waals surface area contributed by atoms with Crippen molar-refractivity contribution in [3.8, 4) is 0 Å². The Morgan fingerprint density at radius 1 is 1.00 bits per heavy atom. The molecule has 1 aliphatic rings. The summed E-state index contributed by atoms with van der Waals surface area (Å²) in [5, 5.41) is 9.84. The monoisotopic (exact) mass is 156 g/mol. The lowest BCUT2D eigenvalue weighted by molar-refractivity contribution is 0.518. The zero-order valence-corrected chi connectivity index (χ0v) is 7.57. The fourth-order valence-electron chi connectivity index (χ4n) is 1.84. The van der Waals surface area contributed by atoms with E-state index < -0.39 is 0 Å². The Labute approximate surface area is 68.9 Å². The van der Waals surface area contributed by atoms with E-state index >= 15 is 0 Å². The van der Waals surface area contributed by atoms with Crippen LogP contribution in [0.5, 0.6) is 0 Å². The van der Waals surface area contributed by atoms with E-state index in [0.29, 0.717) is 12.1 Å². The summed E-state index contributed by atoms with van der Waals surface area (Å²) in [7, 11) is 6.02. The number of likely N-dealkylation sites (N-methyl/N-ethyl adjacent to an activating group) is 3. The molecular formula is C8H18N3. The topological polar surface area (TPSA) is 36.1 Å². The van der Waals surface area contributed by atoms with Gasteiger partial charge in [0.25, 0.3) is 0 Å². The van der Waals surface area contributed by atoms with Crippen molar-refractivity contribution in [3.63, 3.8) is 0 Å². The third kappa shape index (κ3) is 1.72. The van der Waals surface area contributed by atoms with Crippen LogP contribution in [0.4, 0.5) is 0 Å². The molecule has 3 nitrogen and oxygen atoms in total. The molecule has 0 aromatic rings. The van der Waals surface area contributed by atoms with Crippen LogP contribution in [0.2, 0.25) is 0 Å². The van der Waals surface area contributed by atoms with E-state index in [0.717, 1.165) is 0 Å². The van der Waals surface area contributed by atoms with Gasteiger partial charge in [-0.25, -0.2) is 0 Å². The van der Waals surface area contributed by atoms with Gasteiger partial charge in [0.05, 0.1) is 6.04 Å². The molecule has 3 heteroatoms. The summed E-state index contributed by atoms with van der Waals surface area (Å²) in [6.45, 7) is 0. The molecule has 1 aliphatic carbocycles.